The lowest BCUT2D eigenvalue weighted by atomic mass is 9.78. The van der Waals surface area contributed by atoms with Crippen LogP contribution < -0.4 is 9.80 Å². The van der Waals surface area contributed by atoms with Crippen molar-refractivity contribution in [3.8, 4) is 0 Å². The molecule has 0 saturated carbocycles. The molecule has 3 rings (SSSR count). The van der Waals surface area contributed by atoms with Crippen molar-refractivity contribution in [1.82, 2.24) is 4.90 Å². The van der Waals surface area contributed by atoms with Crippen molar-refractivity contribution in [3.63, 3.8) is 0 Å². The molecule has 1 saturated heterocycles. The van der Waals surface area contributed by atoms with Gasteiger partial charge in [0.1, 0.15) is 0 Å². The summed E-state index contributed by atoms with van der Waals surface area (Å²) in [6.07, 6.45) is 5.28. The first-order chi connectivity index (χ1) is 18.6. The molecule has 0 radical (unpaired) electrons. The number of aryl methyl sites for hydroxylation is 2. The Morgan fingerprint density at radius 2 is 1.69 bits per heavy atom. The predicted molar refractivity (Wildman–Crippen MR) is 178 cm³/mol. The molecule has 0 amide bonds. The molecule has 1 aliphatic rings. The monoisotopic (exact) mass is 553 g/mol. The number of piperazine rings is 1. The molecule has 0 aromatic heterocycles. The highest BCUT2D eigenvalue weighted by Gasteiger charge is 2.23. The average molecular weight is 554 g/mol. The third kappa shape index (κ3) is 10.4. The molecule has 0 aliphatic carbocycles. The minimum absolute atomic E-state index is 0.340. The molecule has 0 N–H and O–H groups in total. The molecule has 218 valence electrons. The first-order valence-corrected chi connectivity index (χ1v) is 15.2. The summed E-state index contributed by atoms with van der Waals surface area (Å²) in [6.45, 7) is 31.7. The Kier molecular flexibility index (Phi) is 15.6. The fraction of sp³-hybridized carbons (Fsp3) is 0.543. The number of anilines is 2. The van der Waals surface area contributed by atoms with Gasteiger partial charge in [-0.1, -0.05) is 83.5 Å². The summed E-state index contributed by atoms with van der Waals surface area (Å²) in [5.74, 6) is 0.677. The topological polar surface area (TPSA) is 9.72 Å². The molecule has 0 spiro atoms. The quantitative estimate of drug-likeness (QED) is 0.256. The lowest BCUT2D eigenvalue weighted by molar-refractivity contribution is 0.232. The Morgan fingerprint density at radius 3 is 2.28 bits per heavy atom. The van der Waals surface area contributed by atoms with Gasteiger partial charge in [-0.2, -0.15) is 0 Å². The molecule has 0 unspecified atom stereocenters. The smallest absolute Gasteiger partial charge is 0.0668 e. The fourth-order valence-corrected chi connectivity index (χ4v) is 4.92. The van der Waals surface area contributed by atoms with Crippen LogP contribution in [0.2, 0.25) is 5.02 Å². The zero-order valence-electron chi connectivity index (χ0n) is 26.3. The first kappa shape index (κ1) is 34.8. The van der Waals surface area contributed by atoms with Crippen molar-refractivity contribution >= 4 is 23.0 Å². The minimum Gasteiger partial charge on any atom is -0.374 e. The van der Waals surface area contributed by atoms with Crippen molar-refractivity contribution < 1.29 is 0 Å². The molecular formula is C35H56ClN3. The minimum atomic E-state index is 0.340. The third-order valence-corrected chi connectivity index (χ3v) is 8.62. The Bertz CT molecular complexity index is 989. The van der Waals surface area contributed by atoms with Crippen LogP contribution in [0.5, 0.6) is 0 Å². The van der Waals surface area contributed by atoms with Gasteiger partial charge in [0, 0.05) is 52.0 Å². The van der Waals surface area contributed by atoms with Crippen LogP contribution in [0, 0.1) is 18.3 Å². The van der Waals surface area contributed by atoms with Gasteiger partial charge in [0.15, 0.2) is 0 Å². The van der Waals surface area contributed by atoms with Crippen LogP contribution in [0.15, 0.2) is 62.2 Å². The highest BCUT2D eigenvalue weighted by molar-refractivity contribution is 6.34. The van der Waals surface area contributed by atoms with Crippen LogP contribution in [-0.4, -0.2) is 44.7 Å². The summed E-state index contributed by atoms with van der Waals surface area (Å²) in [5, 5.41) is 0.893. The summed E-state index contributed by atoms with van der Waals surface area (Å²) in [7, 11) is 2.26. The molecule has 4 heteroatoms. The van der Waals surface area contributed by atoms with Crippen LogP contribution in [0.3, 0.4) is 0 Å². The number of allylic oxidation sites excluding steroid dienone is 1. The number of halogens is 1. The van der Waals surface area contributed by atoms with E-state index in [9.17, 15) is 0 Å². The van der Waals surface area contributed by atoms with E-state index < -0.39 is 0 Å². The van der Waals surface area contributed by atoms with Crippen LogP contribution in [-0.2, 0) is 13.0 Å². The summed E-state index contributed by atoms with van der Waals surface area (Å²) in [4.78, 5) is 7.48. The van der Waals surface area contributed by atoms with Crippen LogP contribution in [0.1, 0.15) is 71.1 Å². The normalized spacial score (nSPS) is 13.7. The zero-order chi connectivity index (χ0) is 29.6. The highest BCUT2D eigenvalue weighted by Crippen LogP contribution is 2.32. The molecule has 39 heavy (non-hydrogen) atoms. The number of benzene rings is 2. The van der Waals surface area contributed by atoms with E-state index in [1.54, 1.807) is 0 Å². The Balaban J connectivity index is 0.00000181. The van der Waals surface area contributed by atoms with Gasteiger partial charge in [-0.25, -0.2) is 0 Å². The largest absolute Gasteiger partial charge is 0.374 e. The molecule has 0 bridgehead atoms. The molecule has 2 aromatic rings. The zero-order valence-corrected chi connectivity index (χ0v) is 27.1. The summed E-state index contributed by atoms with van der Waals surface area (Å²) >= 11 is 6.60. The van der Waals surface area contributed by atoms with Crippen LogP contribution in [0.25, 0.3) is 0 Å². The Morgan fingerprint density at radius 1 is 1.05 bits per heavy atom. The van der Waals surface area contributed by atoms with Gasteiger partial charge >= 0.3 is 0 Å². The molecule has 1 aliphatic heterocycles. The second-order valence-corrected chi connectivity index (χ2v) is 11.7. The van der Waals surface area contributed by atoms with Crippen molar-refractivity contribution in [1.29, 1.82) is 0 Å². The van der Waals surface area contributed by atoms with Gasteiger partial charge in [-0.3, -0.25) is 4.90 Å². The second kappa shape index (κ2) is 17.5. The van der Waals surface area contributed by atoms with Crippen molar-refractivity contribution in [2.45, 2.75) is 74.3 Å². The predicted octanol–water partition coefficient (Wildman–Crippen LogP) is 9.43. The third-order valence-electron chi connectivity index (χ3n) is 8.12. The number of hydrogen-bond donors (Lipinski definition) is 0. The van der Waals surface area contributed by atoms with Gasteiger partial charge in [-0.05, 0) is 66.3 Å². The maximum absolute atomic E-state index is 6.60. The second-order valence-electron chi connectivity index (χ2n) is 11.3. The van der Waals surface area contributed by atoms with E-state index in [1.807, 2.05) is 19.9 Å². The van der Waals surface area contributed by atoms with E-state index >= 15 is 0 Å². The number of rotatable bonds is 11. The molecular weight excluding hydrogens is 498 g/mol. The van der Waals surface area contributed by atoms with Gasteiger partial charge in [-0.15, -0.1) is 19.7 Å². The van der Waals surface area contributed by atoms with Gasteiger partial charge in [0.05, 0.1) is 10.7 Å². The van der Waals surface area contributed by atoms with E-state index in [1.165, 1.54) is 28.9 Å². The van der Waals surface area contributed by atoms with Gasteiger partial charge < -0.3 is 9.80 Å². The lowest BCUT2D eigenvalue weighted by Crippen LogP contribution is -2.46. The molecule has 0 atom stereocenters. The lowest BCUT2D eigenvalue weighted by Gasteiger charge is -2.37. The van der Waals surface area contributed by atoms with E-state index in [4.69, 9.17) is 11.6 Å². The average Bonchev–Trinajstić information content (AvgIpc) is 2.95. The van der Waals surface area contributed by atoms with E-state index in [-0.39, 0.29) is 0 Å². The van der Waals surface area contributed by atoms with E-state index in [0.717, 1.165) is 62.7 Å². The van der Waals surface area contributed by atoms with Crippen molar-refractivity contribution in [2.75, 3.05) is 49.6 Å². The van der Waals surface area contributed by atoms with Crippen molar-refractivity contribution in [3.05, 3.63) is 83.9 Å². The maximum Gasteiger partial charge on any atom is 0.0668 e. The van der Waals surface area contributed by atoms with E-state index in [0.29, 0.717) is 11.3 Å². The summed E-state index contributed by atoms with van der Waals surface area (Å²) in [5.41, 5.74) is 6.88. The van der Waals surface area contributed by atoms with Crippen LogP contribution >= 0.6 is 11.6 Å². The number of hydrogen-bond acceptors (Lipinski definition) is 3. The Hall–Kier alpha value is -2.23. The molecule has 1 fully saturated rings. The summed E-state index contributed by atoms with van der Waals surface area (Å²) < 4.78 is 0. The van der Waals surface area contributed by atoms with Gasteiger partial charge in [0.2, 0.25) is 0 Å². The van der Waals surface area contributed by atoms with Crippen LogP contribution in [0.4, 0.5) is 11.4 Å². The number of nitrogens with zero attached hydrogens (tertiary/aromatic N) is 3. The first-order valence-electron chi connectivity index (χ1n) is 14.8. The SMILES string of the molecule is C=C.C=CCCc1ccc(CN2CCN(c3cccc(C)c3Cl)CC2)cc1N(C)CCC(C)(C)C(C)C.CC. The molecule has 1 heterocycles. The highest BCUT2D eigenvalue weighted by atomic mass is 35.5. The standard InChI is InChI=1S/C31H46ClN3.C2H6.C2H4/c1-8-9-12-27-15-14-26(22-29(27)33(7)17-16-31(5,6)24(2)3)23-34-18-20-35(21-19-34)28-13-10-11-25(4)30(28)32;2*1-2/h8,10-11,13-15,22,24H,1,9,12,16-21,23H2,2-7H3;1-2H3;1-2H2. The Labute approximate surface area is 246 Å². The maximum atomic E-state index is 6.60. The molecule has 3 nitrogen and oxygen atoms in total. The van der Waals surface area contributed by atoms with Gasteiger partial charge in [0.25, 0.3) is 0 Å². The van der Waals surface area contributed by atoms with E-state index in [2.05, 4.69) is 113 Å². The molecule has 2 aromatic carbocycles. The van der Waals surface area contributed by atoms with Crippen molar-refractivity contribution in [2.24, 2.45) is 11.3 Å². The summed E-state index contributed by atoms with van der Waals surface area (Å²) in [6, 6.07) is 13.5. The fourth-order valence-electron chi connectivity index (χ4n) is 4.68.